The normalized spacial score (nSPS) is 14.2. The van der Waals surface area contributed by atoms with E-state index < -0.39 is 0 Å². The second-order valence-corrected chi connectivity index (χ2v) is 7.58. The van der Waals surface area contributed by atoms with Crippen molar-refractivity contribution in [3.8, 4) is 5.75 Å². The predicted octanol–water partition coefficient (Wildman–Crippen LogP) is 5.81. The highest BCUT2D eigenvalue weighted by molar-refractivity contribution is 5.41. The van der Waals surface area contributed by atoms with Gasteiger partial charge in [-0.2, -0.15) is 0 Å². The van der Waals surface area contributed by atoms with Gasteiger partial charge in [-0.15, -0.1) is 0 Å². The average molecular weight is 340 g/mol. The molecule has 2 aromatic carbocycles. The van der Waals surface area contributed by atoms with Crippen molar-refractivity contribution in [3.05, 3.63) is 65.7 Å². The Labute approximate surface area is 153 Å². The Morgan fingerprint density at radius 2 is 1.32 bits per heavy atom. The second-order valence-electron chi connectivity index (χ2n) is 7.58. The minimum Gasteiger partial charge on any atom is -0.508 e. The lowest BCUT2D eigenvalue weighted by molar-refractivity contribution is 0.114. The number of hydrogen-bond donors (Lipinski definition) is 1. The van der Waals surface area contributed by atoms with Gasteiger partial charge in [-0.1, -0.05) is 48.5 Å². The summed E-state index contributed by atoms with van der Waals surface area (Å²) < 4.78 is 0. The van der Waals surface area contributed by atoms with Crippen molar-refractivity contribution < 1.29 is 5.11 Å². The van der Waals surface area contributed by atoms with Gasteiger partial charge in [0, 0.05) is 29.6 Å². The van der Waals surface area contributed by atoms with E-state index in [2.05, 4.69) is 69.9 Å². The zero-order valence-electron chi connectivity index (χ0n) is 16.3. The summed E-state index contributed by atoms with van der Waals surface area (Å²) in [6.45, 7) is 11.4. The van der Waals surface area contributed by atoms with Gasteiger partial charge in [0.05, 0.1) is 0 Å². The molecule has 0 heterocycles. The molecule has 1 N–H and O–H groups in total. The molecular weight excluding hydrogens is 306 g/mol. The molecule has 0 radical (unpaired) electrons. The van der Waals surface area contributed by atoms with Crippen molar-refractivity contribution >= 4 is 0 Å². The van der Waals surface area contributed by atoms with E-state index in [1.54, 1.807) is 6.07 Å². The van der Waals surface area contributed by atoms with Crippen molar-refractivity contribution in [3.63, 3.8) is 0 Å². The fraction of sp³-hybridized carbons (Fsp3) is 0.478. The molecule has 0 saturated heterocycles. The molecule has 0 saturated carbocycles. The van der Waals surface area contributed by atoms with Gasteiger partial charge in [0.25, 0.3) is 0 Å². The van der Waals surface area contributed by atoms with E-state index in [1.165, 1.54) is 5.56 Å². The minimum atomic E-state index is 0.228. The largest absolute Gasteiger partial charge is 0.508 e. The molecule has 0 bridgehead atoms. The molecule has 136 valence electrons. The molecule has 25 heavy (non-hydrogen) atoms. The highest BCUT2D eigenvalue weighted by Crippen LogP contribution is 2.35. The summed E-state index contributed by atoms with van der Waals surface area (Å²) in [5.41, 5.74) is 2.30. The van der Waals surface area contributed by atoms with Gasteiger partial charge in [0.1, 0.15) is 5.75 Å². The smallest absolute Gasteiger partial charge is 0.119 e. The minimum absolute atomic E-state index is 0.228. The van der Waals surface area contributed by atoms with Gasteiger partial charge in [-0.3, -0.25) is 4.90 Å². The van der Waals surface area contributed by atoms with Crippen LogP contribution in [0.3, 0.4) is 0 Å². The lowest BCUT2D eigenvalue weighted by Gasteiger charge is -2.37. The first-order chi connectivity index (χ1) is 11.9. The van der Waals surface area contributed by atoms with Gasteiger partial charge >= 0.3 is 0 Å². The SMILES string of the molecule is CC(C)N(C(C)C)C(C)CC[C@H](c1ccccc1)c1ccccc1O. The zero-order valence-corrected chi connectivity index (χ0v) is 16.3. The number of hydrogen-bond acceptors (Lipinski definition) is 2. The number of aromatic hydroxyl groups is 1. The number of phenolic OH excluding ortho intramolecular Hbond substituents is 1. The maximum atomic E-state index is 10.4. The predicted molar refractivity (Wildman–Crippen MR) is 107 cm³/mol. The molecule has 0 aliphatic heterocycles. The fourth-order valence-corrected chi connectivity index (χ4v) is 4.14. The standard InChI is InChI=1S/C23H33NO/c1-17(2)24(18(3)4)19(5)15-16-21(20-11-7-6-8-12-20)22-13-9-10-14-23(22)25/h6-14,17-19,21,25H,15-16H2,1-5H3/t19?,21-/m1/s1. The van der Waals surface area contributed by atoms with Crippen LogP contribution in [-0.4, -0.2) is 28.1 Å². The highest BCUT2D eigenvalue weighted by atomic mass is 16.3. The van der Waals surface area contributed by atoms with Crippen LogP contribution in [0, 0.1) is 0 Å². The van der Waals surface area contributed by atoms with Crippen LogP contribution in [0.1, 0.15) is 64.5 Å². The molecule has 0 aromatic heterocycles. The third kappa shape index (κ3) is 5.09. The summed E-state index contributed by atoms with van der Waals surface area (Å²) in [5.74, 6) is 0.625. The van der Waals surface area contributed by atoms with Gasteiger partial charge in [-0.25, -0.2) is 0 Å². The van der Waals surface area contributed by atoms with Gasteiger partial charge < -0.3 is 5.11 Å². The molecule has 0 aliphatic carbocycles. The second kappa shape index (κ2) is 9.05. The first kappa shape index (κ1) is 19.5. The first-order valence-corrected chi connectivity index (χ1v) is 9.52. The van der Waals surface area contributed by atoms with Crippen LogP contribution < -0.4 is 0 Å². The van der Waals surface area contributed by atoms with Crippen molar-refractivity contribution in [2.45, 2.75) is 71.5 Å². The van der Waals surface area contributed by atoms with Gasteiger partial charge in [0.2, 0.25) is 0 Å². The molecule has 2 heteroatoms. The number of benzene rings is 2. The van der Waals surface area contributed by atoms with Crippen molar-refractivity contribution in [2.24, 2.45) is 0 Å². The molecule has 0 aliphatic rings. The Morgan fingerprint density at radius 3 is 1.88 bits per heavy atom. The lowest BCUT2D eigenvalue weighted by Crippen LogP contribution is -2.43. The zero-order chi connectivity index (χ0) is 18.4. The highest BCUT2D eigenvalue weighted by Gasteiger charge is 2.23. The number of phenols is 1. The van der Waals surface area contributed by atoms with Crippen molar-refractivity contribution in [1.82, 2.24) is 4.90 Å². The van der Waals surface area contributed by atoms with Gasteiger partial charge in [0.15, 0.2) is 0 Å². The maximum absolute atomic E-state index is 10.4. The Bertz CT molecular complexity index is 628. The van der Waals surface area contributed by atoms with E-state index in [-0.39, 0.29) is 5.92 Å². The quantitative estimate of drug-likeness (QED) is 0.656. The molecule has 2 nitrogen and oxygen atoms in total. The summed E-state index contributed by atoms with van der Waals surface area (Å²) >= 11 is 0. The maximum Gasteiger partial charge on any atom is 0.119 e. The Kier molecular flexibility index (Phi) is 7.07. The molecule has 0 fully saturated rings. The monoisotopic (exact) mass is 339 g/mol. The summed E-state index contributed by atoms with van der Waals surface area (Å²) in [6.07, 6.45) is 2.13. The number of para-hydroxylation sites is 1. The van der Waals surface area contributed by atoms with E-state index in [4.69, 9.17) is 0 Å². The Morgan fingerprint density at radius 1 is 0.760 bits per heavy atom. The molecule has 0 spiro atoms. The molecule has 2 aromatic rings. The third-order valence-corrected chi connectivity index (χ3v) is 5.09. The molecule has 2 atom stereocenters. The average Bonchev–Trinajstić information content (AvgIpc) is 2.57. The summed E-state index contributed by atoms with van der Waals surface area (Å²) in [7, 11) is 0. The van der Waals surface area contributed by atoms with E-state index in [0.717, 1.165) is 18.4 Å². The lowest BCUT2D eigenvalue weighted by atomic mass is 9.85. The fourth-order valence-electron chi connectivity index (χ4n) is 4.14. The number of rotatable bonds is 8. The van der Waals surface area contributed by atoms with E-state index in [0.29, 0.717) is 23.9 Å². The molecule has 0 amide bonds. The van der Waals surface area contributed by atoms with Crippen LogP contribution in [0.4, 0.5) is 0 Å². The van der Waals surface area contributed by atoms with Crippen LogP contribution in [0.2, 0.25) is 0 Å². The van der Waals surface area contributed by atoms with Crippen LogP contribution in [0.25, 0.3) is 0 Å². The Hall–Kier alpha value is -1.80. The van der Waals surface area contributed by atoms with Crippen molar-refractivity contribution in [2.75, 3.05) is 0 Å². The van der Waals surface area contributed by atoms with E-state index in [9.17, 15) is 5.11 Å². The molecule has 2 rings (SSSR count). The molecule has 1 unspecified atom stereocenters. The van der Waals surface area contributed by atoms with Crippen molar-refractivity contribution in [1.29, 1.82) is 0 Å². The summed E-state index contributed by atoms with van der Waals surface area (Å²) in [5, 5.41) is 10.4. The summed E-state index contributed by atoms with van der Waals surface area (Å²) in [4.78, 5) is 2.58. The Balaban J connectivity index is 2.22. The van der Waals surface area contributed by atoms with E-state index in [1.807, 2.05) is 18.2 Å². The molecular formula is C23H33NO. The van der Waals surface area contributed by atoms with Crippen LogP contribution in [0.5, 0.6) is 5.75 Å². The number of nitrogens with zero attached hydrogens (tertiary/aromatic N) is 1. The third-order valence-electron chi connectivity index (χ3n) is 5.09. The topological polar surface area (TPSA) is 23.5 Å². The van der Waals surface area contributed by atoms with Crippen LogP contribution in [-0.2, 0) is 0 Å². The summed E-state index contributed by atoms with van der Waals surface area (Å²) in [6, 6.07) is 19.9. The first-order valence-electron chi connectivity index (χ1n) is 9.52. The van der Waals surface area contributed by atoms with E-state index >= 15 is 0 Å². The van der Waals surface area contributed by atoms with Crippen LogP contribution in [0.15, 0.2) is 54.6 Å². The van der Waals surface area contributed by atoms with Crippen LogP contribution >= 0.6 is 0 Å². The van der Waals surface area contributed by atoms with Gasteiger partial charge in [-0.05, 0) is 59.1 Å².